The van der Waals surface area contributed by atoms with Gasteiger partial charge in [-0.25, -0.2) is 14.2 Å². The van der Waals surface area contributed by atoms with Gasteiger partial charge in [0.05, 0.1) is 38.5 Å². The highest BCUT2D eigenvalue weighted by molar-refractivity contribution is 7.17. The van der Waals surface area contributed by atoms with Crippen LogP contribution in [0, 0.1) is 5.82 Å². The van der Waals surface area contributed by atoms with Crippen LogP contribution in [-0.4, -0.2) is 45.9 Å². The number of nitrogens with one attached hydrogen (secondary N) is 2. The molecule has 2 aliphatic rings. The maximum Gasteiger partial charge on any atom is 0.412 e. The first-order valence-corrected chi connectivity index (χ1v) is 14.2. The number of carbonyl (C=O) groups excluding carboxylic acids is 3. The summed E-state index contributed by atoms with van der Waals surface area (Å²) in [5.41, 5.74) is 6.13. The number of nitrogens with zero attached hydrogens (tertiary/aromatic N) is 2. The minimum Gasteiger partial charge on any atom is -0.436 e. The smallest absolute Gasteiger partial charge is 0.412 e. The van der Waals surface area contributed by atoms with E-state index in [1.54, 1.807) is 23.4 Å². The van der Waals surface area contributed by atoms with Crippen molar-refractivity contribution in [2.24, 2.45) is 5.73 Å². The molecule has 6 rings (SSSR count). The average Bonchev–Trinajstić information content (AvgIpc) is 3.65. The molecule has 0 bridgehead atoms. The molecule has 0 unspecified atom stereocenters. The SMILES string of the molecule is NC(=O)c1sc(-c2ncc[nH]2)cc1[C@H](Cc1ccccc1)C(=O)N1CCC[C@@]2(C1)OC(=O)Nc1ccc(Cl)c(F)c12. The molecule has 41 heavy (non-hydrogen) atoms. The van der Waals surface area contributed by atoms with Crippen LogP contribution < -0.4 is 11.1 Å². The molecule has 1 saturated heterocycles. The number of hydrogen-bond donors (Lipinski definition) is 3. The number of hydrogen-bond acceptors (Lipinski definition) is 6. The molecule has 1 fully saturated rings. The van der Waals surface area contributed by atoms with Crippen LogP contribution in [0.2, 0.25) is 5.02 Å². The lowest BCUT2D eigenvalue weighted by molar-refractivity contribution is -0.140. The third-order valence-corrected chi connectivity index (χ3v) is 8.98. The first-order chi connectivity index (χ1) is 19.8. The Morgan fingerprint density at radius 2 is 2.05 bits per heavy atom. The van der Waals surface area contributed by atoms with E-state index >= 15 is 4.39 Å². The van der Waals surface area contributed by atoms with Gasteiger partial charge < -0.3 is 20.4 Å². The number of halogens is 2. The second-order valence-electron chi connectivity index (χ2n) is 10.1. The highest BCUT2D eigenvalue weighted by Gasteiger charge is 2.49. The number of carbonyl (C=O) groups is 3. The van der Waals surface area contributed by atoms with E-state index in [0.29, 0.717) is 35.7 Å². The average molecular weight is 594 g/mol. The Labute approximate surface area is 243 Å². The minimum atomic E-state index is -1.42. The van der Waals surface area contributed by atoms with Gasteiger partial charge >= 0.3 is 6.09 Å². The van der Waals surface area contributed by atoms with Crippen molar-refractivity contribution in [3.05, 3.63) is 93.3 Å². The van der Waals surface area contributed by atoms with Crippen LogP contribution >= 0.6 is 22.9 Å². The van der Waals surface area contributed by atoms with Gasteiger partial charge in [-0.15, -0.1) is 11.3 Å². The number of fused-ring (bicyclic) bond motifs is 2. The fraction of sp³-hybridized carbons (Fsp3) is 0.241. The number of ether oxygens (including phenoxy) is 1. The van der Waals surface area contributed by atoms with Crippen LogP contribution in [0.5, 0.6) is 0 Å². The molecule has 3 amide bonds. The summed E-state index contributed by atoms with van der Waals surface area (Å²) < 4.78 is 21.2. The molecule has 12 heteroatoms. The molecule has 4 heterocycles. The van der Waals surface area contributed by atoms with E-state index in [1.165, 1.54) is 12.1 Å². The highest BCUT2D eigenvalue weighted by atomic mass is 35.5. The quantitative estimate of drug-likeness (QED) is 0.274. The Morgan fingerprint density at radius 3 is 2.78 bits per heavy atom. The second kappa shape index (κ2) is 10.6. The number of piperidine rings is 1. The molecule has 2 aromatic heterocycles. The Bertz CT molecular complexity index is 1640. The number of H-pyrrole nitrogens is 1. The number of anilines is 1. The van der Waals surface area contributed by atoms with Crippen LogP contribution in [0.15, 0.2) is 60.9 Å². The van der Waals surface area contributed by atoms with Crippen molar-refractivity contribution >= 4 is 46.5 Å². The van der Waals surface area contributed by atoms with Crippen LogP contribution in [0.1, 0.15) is 45.1 Å². The van der Waals surface area contributed by atoms with Gasteiger partial charge in [0.1, 0.15) is 5.82 Å². The van der Waals surface area contributed by atoms with Gasteiger partial charge in [-0.3, -0.25) is 14.9 Å². The fourth-order valence-corrected chi connectivity index (χ4v) is 6.93. The molecule has 2 aromatic carbocycles. The number of imidazole rings is 1. The molecule has 4 N–H and O–H groups in total. The molecule has 210 valence electrons. The molecule has 2 aliphatic heterocycles. The molecule has 2 atom stereocenters. The topological polar surface area (TPSA) is 130 Å². The van der Waals surface area contributed by atoms with Crippen molar-refractivity contribution in [3.8, 4) is 10.7 Å². The van der Waals surface area contributed by atoms with Crippen LogP contribution in [0.4, 0.5) is 14.9 Å². The maximum atomic E-state index is 15.4. The van der Waals surface area contributed by atoms with Gasteiger partial charge in [-0.05, 0) is 48.6 Å². The fourth-order valence-electron chi connectivity index (χ4n) is 5.74. The minimum absolute atomic E-state index is 0.0735. The van der Waals surface area contributed by atoms with E-state index in [0.717, 1.165) is 16.9 Å². The normalized spacial score (nSPS) is 18.9. The van der Waals surface area contributed by atoms with Crippen molar-refractivity contribution in [1.29, 1.82) is 0 Å². The summed E-state index contributed by atoms with van der Waals surface area (Å²) in [6.07, 6.45) is 3.59. The van der Waals surface area contributed by atoms with Crippen molar-refractivity contribution in [2.75, 3.05) is 18.4 Å². The molecule has 1 spiro atoms. The summed E-state index contributed by atoms with van der Waals surface area (Å²) >= 11 is 7.29. The summed E-state index contributed by atoms with van der Waals surface area (Å²) in [6.45, 7) is 0.283. The Kier molecular flexibility index (Phi) is 7.00. The Balaban J connectivity index is 1.41. The molecule has 9 nitrogen and oxygen atoms in total. The van der Waals surface area contributed by atoms with Gasteiger partial charge in [0.2, 0.25) is 5.91 Å². The summed E-state index contributed by atoms with van der Waals surface area (Å²) in [5, 5.41) is 2.43. The standard InChI is InChI=1S/C29H25ClFN5O4S/c30-19-7-8-20-22(23(19)31)29(40-28(39)35-20)9-4-12-36(15-29)27(38)18(13-16-5-2-1-3-6-16)17-14-21(26-33-10-11-34-26)41-24(17)25(32)37/h1-3,5-8,10-11,14,18H,4,9,12-13,15H2,(H2,32,37)(H,33,34)(H,35,39)/t18-,29-/m0/s1. The van der Waals surface area contributed by atoms with E-state index in [1.807, 2.05) is 30.3 Å². The number of amides is 3. The second-order valence-corrected chi connectivity index (χ2v) is 11.6. The predicted octanol–water partition coefficient (Wildman–Crippen LogP) is 5.44. The lowest BCUT2D eigenvalue weighted by atomic mass is 9.82. The highest BCUT2D eigenvalue weighted by Crippen LogP contribution is 2.46. The summed E-state index contributed by atoms with van der Waals surface area (Å²) in [6, 6.07) is 14.1. The van der Waals surface area contributed by atoms with E-state index < -0.39 is 29.3 Å². The first-order valence-electron chi connectivity index (χ1n) is 13.0. The molecular weight excluding hydrogens is 569 g/mol. The van der Waals surface area contributed by atoms with Crippen LogP contribution in [0.3, 0.4) is 0 Å². The summed E-state index contributed by atoms with van der Waals surface area (Å²) in [4.78, 5) is 49.4. The monoisotopic (exact) mass is 593 g/mol. The van der Waals surface area contributed by atoms with Gasteiger partial charge in [0.15, 0.2) is 11.4 Å². The lowest BCUT2D eigenvalue weighted by Crippen LogP contribution is -2.54. The lowest BCUT2D eigenvalue weighted by Gasteiger charge is -2.45. The summed E-state index contributed by atoms with van der Waals surface area (Å²) in [7, 11) is 0. The molecule has 0 radical (unpaired) electrons. The number of nitrogens with two attached hydrogens (primary N) is 1. The number of rotatable bonds is 6. The number of aromatic amines is 1. The predicted molar refractivity (Wildman–Crippen MR) is 152 cm³/mol. The van der Waals surface area contributed by atoms with Gasteiger partial charge in [-0.1, -0.05) is 41.9 Å². The third kappa shape index (κ3) is 4.95. The number of thiophene rings is 1. The molecule has 0 saturated carbocycles. The van der Waals surface area contributed by atoms with Crippen molar-refractivity contribution in [1.82, 2.24) is 14.9 Å². The first kappa shape index (κ1) is 27.0. The summed E-state index contributed by atoms with van der Waals surface area (Å²) in [5.74, 6) is -1.89. The van der Waals surface area contributed by atoms with Crippen molar-refractivity contribution in [3.63, 3.8) is 0 Å². The zero-order valence-electron chi connectivity index (χ0n) is 21.7. The van der Waals surface area contributed by atoms with Crippen LogP contribution in [0.25, 0.3) is 10.7 Å². The third-order valence-electron chi connectivity index (χ3n) is 7.51. The van der Waals surface area contributed by atoms with E-state index in [-0.39, 0.29) is 40.0 Å². The van der Waals surface area contributed by atoms with Gasteiger partial charge in [-0.2, -0.15) is 0 Å². The number of aromatic nitrogens is 2. The van der Waals surface area contributed by atoms with E-state index in [4.69, 9.17) is 22.1 Å². The van der Waals surface area contributed by atoms with E-state index in [2.05, 4.69) is 15.3 Å². The van der Waals surface area contributed by atoms with Crippen molar-refractivity contribution in [2.45, 2.75) is 30.8 Å². The molecule has 0 aliphatic carbocycles. The van der Waals surface area contributed by atoms with Crippen LogP contribution in [-0.2, 0) is 21.6 Å². The Morgan fingerprint density at radius 1 is 1.24 bits per heavy atom. The zero-order chi connectivity index (χ0) is 28.7. The number of benzene rings is 2. The molecular formula is C29H25ClFN5O4S. The Hall–Kier alpha value is -4.22. The zero-order valence-corrected chi connectivity index (χ0v) is 23.2. The van der Waals surface area contributed by atoms with E-state index in [9.17, 15) is 14.4 Å². The van der Waals surface area contributed by atoms with Crippen molar-refractivity contribution < 1.29 is 23.5 Å². The van der Waals surface area contributed by atoms with Gasteiger partial charge in [0, 0.05) is 18.9 Å². The van der Waals surface area contributed by atoms with Gasteiger partial charge in [0.25, 0.3) is 5.91 Å². The molecule has 4 aromatic rings. The number of likely N-dealkylation sites (tertiary alicyclic amines) is 1. The largest absolute Gasteiger partial charge is 0.436 e. The number of primary amides is 1. The maximum absolute atomic E-state index is 15.4.